The maximum Gasteiger partial charge on any atom is 0.0942 e. The molecule has 29 heavy (non-hydrogen) atoms. The van der Waals surface area contributed by atoms with Crippen molar-refractivity contribution >= 4 is 10.9 Å². The minimum atomic E-state index is -0.515. The number of aliphatic hydroxyl groups excluding tert-OH is 1. The molecule has 0 aliphatic carbocycles. The van der Waals surface area contributed by atoms with E-state index in [4.69, 9.17) is 0 Å². The van der Waals surface area contributed by atoms with Crippen LogP contribution in [-0.4, -0.2) is 27.7 Å². The van der Waals surface area contributed by atoms with Crippen LogP contribution in [0.5, 0.6) is 0 Å². The lowest BCUT2D eigenvalue weighted by Gasteiger charge is -2.29. The maximum atomic E-state index is 10.8. The van der Waals surface area contributed by atoms with Gasteiger partial charge in [0, 0.05) is 36.2 Å². The molecule has 3 nitrogen and oxygen atoms in total. The molecular formula is C26H28N2O. The molecule has 0 fully saturated rings. The minimum Gasteiger partial charge on any atom is -0.387 e. The summed E-state index contributed by atoms with van der Waals surface area (Å²) in [6.45, 7) is 3.72. The molecule has 0 amide bonds. The molecule has 0 spiro atoms. The standard InChI is InChI=1S/C26H28N2O/c1-20(26(29)22-13-7-4-8-14-22)27(2)18-23-19-28(17-21-11-5-3-6-12-21)25-16-10-9-15-24(23)25/h3-16,19-20,26,29H,17-18H2,1-2H3. The van der Waals surface area contributed by atoms with Crippen LogP contribution in [-0.2, 0) is 13.1 Å². The number of likely N-dealkylation sites (N-methyl/N-ethyl adjacent to an activating group) is 1. The molecule has 0 saturated heterocycles. The van der Waals surface area contributed by atoms with E-state index in [0.29, 0.717) is 0 Å². The van der Waals surface area contributed by atoms with E-state index in [0.717, 1.165) is 18.7 Å². The van der Waals surface area contributed by atoms with Crippen LogP contribution in [0.4, 0.5) is 0 Å². The van der Waals surface area contributed by atoms with Gasteiger partial charge in [-0.15, -0.1) is 0 Å². The van der Waals surface area contributed by atoms with E-state index >= 15 is 0 Å². The van der Waals surface area contributed by atoms with Crippen molar-refractivity contribution in [1.29, 1.82) is 0 Å². The first-order valence-corrected chi connectivity index (χ1v) is 10.2. The Bertz CT molecular complexity index is 1060. The molecule has 3 aromatic carbocycles. The molecule has 0 aliphatic rings. The largest absolute Gasteiger partial charge is 0.387 e. The lowest BCUT2D eigenvalue weighted by atomic mass is 10.0. The summed E-state index contributed by atoms with van der Waals surface area (Å²) in [4.78, 5) is 2.23. The molecule has 148 valence electrons. The van der Waals surface area contributed by atoms with Crippen LogP contribution < -0.4 is 0 Å². The second-order valence-electron chi connectivity index (χ2n) is 7.80. The van der Waals surface area contributed by atoms with E-state index in [2.05, 4.69) is 84.2 Å². The molecule has 1 aromatic heterocycles. The quantitative estimate of drug-likeness (QED) is 0.472. The third-order valence-corrected chi connectivity index (χ3v) is 5.78. The molecule has 0 bridgehead atoms. The predicted octanol–water partition coefficient (Wildman–Crippen LogP) is 5.24. The Hall–Kier alpha value is -2.88. The third kappa shape index (κ3) is 4.26. The first-order chi connectivity index (χ1) is 14.1. The van der Waals surface area contributed by atoms with Gasteiger partial charge < -0.3 is 9.67 Å². The Balaban J connectivity index is 1.57. The third-order valence-electron chi connectivity index (χ3n) is 5.78. The Morgan fingerprint density at radius 3 is 2.21 bits per heavy atom. The Kier molecular flexibility index (Phi) is 5.79. The van der Waals surface area contributed by atoms with E-state index in [-0.39, 0.29) is 6.04 Å². The van der Waals surface area contributed by atoms with Gasteiger partial charge in [-0.05, 0) is 36.7 Å². The van der Waals surface area contributed by atoms with Crippen molar-refractivity contribution in [3.63, 3.8) is 0 Å². The van der Waals surface area contributed by atoms with Gasteiger partial charge in [-0.2, -0.15) is 0 Å². The van der Waals surface area contributed by atoms with Gasteiger partial charge in [0.25, 0.3) is 0 Å². The van der Waals surface area contributed by atoms with Crippen molar-refractivity contribution in [1.82, 2.24) is 9.47 Å². The normalized spacial score (nSPS) is 13.7. The Morgan fingerprint density at radius 1 is 0.862 bits per heavy atom. The van der Waals surface area contributed by atoms with Gasteiger partial charge in [0.15, 0.2) is 0 Å². The van der Waals surface area contributed by atoms with Crippen molar-refractivity contribution in [2.45, 2.75) is 32.2 Å². The highest BCUT2D eigenvalue weighted by Gasteiger charge is 2.21. The SMILES string of the molecule is CC(C(O)c1ccccc1)N(C)Cc1cn(Cc2ccccc2)c2ccccc12. The minimum absolute atomic E-state index is 0.00800. The highest BCUT2D eigenvalue weighted by molar-refractivity contribution is 5.84. The summed E-state index contributed by atoms with van der Waals surface area (Å²) in [5.41, 5.74) is 4.78. The maximum absolute atomic E-state index is 10.8. The summed E-state index contributed by atoms with van der Waals surface area (Å²) in [6, 6.07) is 29.0. The molecular weight excluding hydrogens is 356 g/mol. The molecule has 0 aliphatic heterocycles. The number of nitrogens with zero attached hydrogens (tertiary/aromatic N) is 2. The number of rotatable bonds is 7. The monoisotopic (exact) mass is 384 g/mol. The average molecular weight is 385 g/mol. The lowest BCUT2D eigenvalue weighted by Crippen LogP contribution is -2.33. The number of benzene rings is 3. The number of para-hydroxylation sites is 1. The number of hydrogen-bond acceptors (Lipinski definition) is 2. The van der Waals surface area contributed by atoms with Crippen molar-refractivity contribution < 1.29 is 5.11 Å². The van der Waals surface area contributed by atoms with Crippen LogP contribution in [0.3, 0.4) is 0 Å². The van der Waals surface area contributed by atoms with Crippen LogP contribution in [0.25, 0.3) is 10.9 Å². The van der Waals surface area contributed by atoms with Crippen molar-refractivity contribution in [2.24, 2.45) is 0 Å². The summed E-state index contributed by atoms with van der Waals surface area (Å²) in [5.74, 6) is 0. The van der Waals surface area contributed by atoms with Gasteiger partial charge in [0.2, 0.25) is 0 Å². The van der Waals surface area contributed by atoms with Gasteiger partial charge >= 0.3 is 0 Å². The first kappa shape index (κ1) is 19.4. The molecule has 1 heterocycles. The smallest absolute Gasteiger partial charge is 0.0942 e. The van der Waals surface area contributed by atoms with Crippen molar-refractivity contribution in [3.05, 3.63) is 108 Å². The molecule has 4 aromatic rings. The van der Waals surface area contributed by atoms with Crippen molar-refractivity contribution in [2.75, 3.05) is 7.05 Å². The van der Waals surface area contributed by atoms with E-state index in [9.17, 15) is 5.11 Å². The Morgan fingerprint density at radius 2 is 1.48 bits per heavy atom. The van der Waals surface area contributed by atoms with Crippen LogP contribution >= 0.6 is 0 Å². The van der Waals surface area contributed by atoms with E-state index in [1.807, 2.05) is 30.3 Å². The van der Waals surface area contributed by atoms with Gasteiger partial charge in [-0.3, -0.25) is 4.90 Å². The Labute approximate surface area is 172 Å². The molecule has 2 unspecified atom stereocenters. The van der Waals surface area contributed by atoms with E-state index < -0.39 is 6.10 Å². The van der Waals surface area contributed by atoms with Crippen LogP contribution in [0.1, 0.15) is 29.7 Å². The number of fused-ring (bicyclic) bond motifs is 1. The second kappa shape index (κ2) is 8.64. The fraction of sp³-hybridized carbons (Fsp3) is 0.231. The summed E-state index contributed by atoms with van der Waals surface area (Å²) < 4.78 is 2.33. The van der Waals surface area contributed by atoms with Gasteiger partial charge in [0.05, 0.1) is 6.10 Å². The highest BCUT2D eigenvalue weighted by Crippen LogP contribution is 2.26. The first-order valence-electron chi connectivity index (χ1n) is 10.2. The highest BCUT2D eigenvalue weighted by atomic mass is 16.3. The predicted molar refractivity (Wildman–Crippen MR) is 120 cm³/mol. The van der Waals surface area contributed by atoms with Crippen LogP contribution in [0.2, 0.25) is 0 Å². The summed E-state index contributed by atoms with van der Waals surface area (Å²) in [7, 11) is 2.08. The summed E-state index contributed by atoms with van der Waals surface area (Å²) in [6.07, 6.45) is 1.74. The summed E-state index contributed by atoms with van der Waals surface area (Å²) >= 11 is 0. The van der Waals surface area contributed by atoms with Crippen LogP contribution in [0.15, 0.2) is 91.1 Å². The zero-order valence-electron chi connectivity index (χ0n) is 17.1. The van der Waals surface area contributed by atoms with Gasteiger partial charge in [-0.1, -0.05) is 78.9 Å². The number of hydrogen-bond donors (Lipinski definition) is 1. The fourth-order valence-corrected chi connectivity index (χ4v) is 3.94. The topological polar surface area (TPSA) is 28.4 Å². The summed E-state index contributed by atoms with van der Waals surface area (Å²) in [5, 5.41) is 12.1. The fourth-order valence-electron chi connectivity index (χ4n) is 3.94. The molecule has 4 rings (SSSR count). The molecule has 0 saturated carbocycles. The zero-order chi connectivity index (χ0) is 20.2. The molecule has 3 heteroatoms. The number of aromatic nitrogens is 1. The van der Waals surface area contributed by atoms with E-state index in [1.54, 1.807) is 0 Å². The van der Waals surface area contributed by atoms with E-state index in [1.165, 1.54) is 22.0 Å². The molecule has 1 N–H and O–H groups in total. The van der Waals surface area contributed by atoms with Gasteiger partial charge in [0.1, 0.15) is 0 Å². The second-order valence-corrected chi connectivity index (χ2v) is 7.80. The van der Waals surface area contributed by atoms with Gasteiger partial charge in [-0.25, -0.2) is 0 Å². The number of aliphatic hydroxyl groups is 1. The zero-order valence-corrected chi connectivity index (χ0v) is 17.1. The van der Waals surface area contributed by atoms with Crippen molar-refractivity contribution in [3.8, 4) is 0 Å². The van der Waals surface area contributed by atoms with Crippen LogP contribution in [0, 0.1) is 0 Å². The average Bonchev–Trinajstić information content (AvgIpc) is 3.11. The molecule has 0 radical (unpaired) electrons. The lowest BCUT2D eigenvalue weighted by molar-refractivity contribution is 0.0690. The molecule has 2 atom stereocenters.